The highest BCUT2D eigenvalue weighted by atomic mass is 35.5. The number of carbonyl (C=O) groups excluding carboxylic acids is 1. The Hall–Kier alpha value is -0.860. The fraction of sp³-hybridized carbons (Fsp3) is 0.632. The minimum Gasteiger partial charge on any atom is -0.377 e. The Kier molecular flexibility index (Phi) is 7.26. The second kappa shape index (κ2) is 9.30. The maximum absolute atomic E-state index is 12.7. The summed E-state index contributed by atoms with van der Waals surface area (Å²) in [6.45, 7) is 3.29. The number of hydrogen-bond donors (Lipinski definition) is 1. The van der Waals surface area contributed by atoms with Crippen molar-refractivity contribution in [3.8, 4) is 0 Å². The number of nitrogens with zero attached hydrogens (tertiary/aromatic N) is 1. The first-order valence-electron chi connectivity index (χ1n) is 9.54. The molecule has 1 aromatic rings. The number of halogens is 2. The predicted molar refractivity (Wildman–Crippen MR) is 111 cm³/mol. The van der Waals surface area contributed by atoms with Gasteiger partial charge in [-0.15, -0.1) is 0 Å². The van der Waals surface area contributed by atoms with E-state index < -0.39 is 9.84 Å². The van der Waals surface area contributed by atoms with Crippen molar-refractivity contribution in [3.63, 3.8) is 0 Å². The average molecular weight is 449 g/mol. The minimum atomic E-state index is -3.03. The summed E-state index contributed by atoms with van der Waals surface area (Å²) in [5.74, 6) is 0.115. The zero-order valence-electron chi connectivity index (χ0n) is 15.9. The molecule has 2 heterocycles. The fourth-order valence-corrected chi connectivity index (χ4v) is 6.19. The molecule has 0 aliphatic carbocycles. The van der Waals surface area contributed by atoms with Gasteiger partial charge in [-0.3, -0.25) is 9.69 Å². The first-order chi connectivity index (χ1) is 13.2. The number of amides is 1. The highest BCUT2D eigenvalue weighted by Gasteiger charge is 2.35. The smallest absolute Gasteiger partial charge is 0.234 e. The third-order valence-corrected chi connectivity index (χ3v) is 7.65. The van der Waals surface area contributed by atoms with E-state index in [4.69, 9.17) is 27.9 Å². The van der Waals surface area contributed by atoms with Gasteiger partial charge < -0.3 is 10.1 Å². The van der Waals surface area contributed by atoms with Crippen LogP contribution in [0.4, 0.5) is 0 Å². The van der Waals surface area contributed by atoms with Crippen molar-refractivity contribution in [2.75, 3.05) is 31.2 Å². The largest absolute Gasteiger partial charge is 0.377 e. The molecule has 2 aliphatic rings. The molecule has 1 aromatic carbocycles. The molecule has 9 heteroatoms. The van der Waals surface area contributed by atoms with Gasteiger partial charge >= 0.3 is 0 Å². The number of rotatable bonds is 7. The summed E-state index contributed by atoms with van der Waals surface area (Å²) in [5.41, 5.74) is 0.786. The monoisotopic (exact) mass is 448 g/mol. The summed E-state index contributed by atoms with van der Waals surface area (Å²) >= 11 is 12.2. The Bertz CT molecular complexity index is 812. The Morgan fingerprint density at radius 1 is 1.36 bits per heavy atom. The molecule has 0 saturated carbocycles. The van der Waals surface area contributed by atoms with Gasteiger partial charge in [0.05, 0.1) is 30.2 Å². The molecule has 28 heavy (non-hydrogen) atoms. The fourth-order valence-electron chi connectivity index (χ4n) is 3.86. The summed E-state index contributed by atoms with van der Waals surface area (Å²) in [6.07, 6.45) is 2.55. The van der Waals surface area contributed by atoms with Crippen LogP contribution in [0.3, 0.4) is 0 Å². The molecule has 3 atom stereocenters. The lowest BCUT2D eigenvalue weighted by Crippen LogP contribution is -2.47. The number of carbonyl (C=O) groups is 1. The van der Waals surface area contributed by atoms with Crippen molar-refractivity contribution < 1.29 is 17.9 Å². The van der Waals surface area contributed by atoms with Crippen molar-refractivity contribution in [3.05, 3.63) is 33.8 Å². The van der Waals surface area contributed by atoms with Gasteiger partial charge in [-0.1, -0.05) is 29.3 Å². The molecule has 2 fully saturated rings. The Morgan fingerprint density at radius 2 is 2.14 bits per heavy atom. The topological polar surface area (TPSA) is 75.7 Å². The van der Waals surface area contributed by atoms with E-state index in [1.165, 1.54) is 0 Å². The summed E-state index contributed by atoms with van der Waals surface area (Å²) in [7, 11) is -3.03. The maximum Gasteiger partial charge on any atom is 0.234 e. The van der Waals surface area contributed by atoms with Crippen LogP contribution >= 0.6 is 23.2 Å². The molecule has 2 saturated heterocycles. The lowest BCUT2D eigenvalue weighted by Gasteiger charge is -2.30. The van der Waals surface area contributed by atoms with Gasteiger partial charge in [-0.05, 0) is 43.9 Å². The highest BCUT2D eigenvalue weighted by Crippen LogP contribution is 2.26. The standard InChI is InChI=1S/C19H26Cl2N2O4S/c1-13(17-5-4-14(20)9-18(17)21)22-19(24)11-23(10-16-3-2-7-27-16)15-6-8-28(25,26)12-15/h4-5,9,13,15-16H,2-3,6-8,10-12H2,1H3,(H,22,24). The van der Waals surface area contributed by atoms with E-state index in [1.807, 2.05) is 11.8 Å². The maximum atomic E-state index is 12.7. The molecule has 3 rings (SSSR count). The minimum absolute atomic E-state index is 0.0548. The van der Waals surface area contributed by atoms with E-state index >= 15 is 0 Å². The molecular formula is C19H26Cl2N2O4S. The van der Waals surface area contributed by atoms with Crippen LogP contribution in [-0.4, -0.2) is 62.6 Å². The van der Waals surface area contributed by atoms with Gasteiger partial charge in [0.1, 0.15) is 0 Å². The number of sulfone groups is 1. The lowest BCUT2D eigenvalue weighted by molar-refractivity contribution is -0.123. The van der Waals surface area contributed by atoms with E-state index in [0.717, 1.165) is 25.0 Å². The number of benzene rings is 1. The molecule has 1 N–H and O–H groups in total. The summed E-state index contributed by atoms with van der Waals surface area (Å²) in [4.78, 5) is 14.7. The van der Waals surface area contributed by atoms with Gasteiger partial charge in [0.15, 0.2) is 9.84 Å². The molecule has 0 radical (unpaired) electrons. The molecule has 0 spiro atoms. The van der Waals surface area contributed by atoms with Crippen LogP contribution in [0.25, 0.3) is 0 Å². The van der Waals surface area contributed by atoms with Gasteiger partial charge in [0, 0.05) is 29.2 Å². The van der Waals surface area contributed by atoms with Crippen LogP contribution in [0.15, 0.2) is 18.2 Å². The van der Waals surface area contributed by atoms with Gasteiger partial charge in [-0.25, -0.2) is 8.42 Å². The quantitative estimate of drug-likeness (QED) is 0.693. The van der Waals surface area contributed by atoms with E-state index in [2.05, 4.69) is 5.32 Å². The number of nitrogens with one attached hydrogen (secondary N) is 1. The first-order valence-corrected chi connectivity index (χ1v) is 12.1. The van der Waals surface area contributed by atoms with Crippen LogP contribution in [-0.2, 0) is 19.4 Å². The highest BCUT2D eigenvalue weighted by molar-refractivity contribution is 7.91. The van der Waals surface area contributed by atoms with E-state index in [1.54, 1.807) is 18.2 Å². The zero-order chi connectivity index (χ0) is 20.3. The molecule has 3 unspecified atom stereocenters. The van der Waals surface area contributed by atoms with Crippen LogP contribution < -0.4 is 5.32 Å². The van der Waals surface area contributed by atoms with Gasteiger partial charge in [0.25, 0.3) is 0 Å². The molecule has 156 valence electrons. The third kappa shape index (κ3) is 5.83. The van der Waals surface area contributed by atoms with Crippen LogP contribution in [0, 0.1) is 0 Å². The van der Waals surface area contributed by atoms with Gasteiger partial charge in [0.2, 0.25) is 5.91 Å². The molecule has 0 aromatic heterocycles. The zero-order valence-corrected chi connectivity index (χ0v) is 18.2. The molecule has 6 nitrogen and oxygen atoms in total. The number of hydrogen-bond acceptors (Lipinski definition) is 5. The molecule has 1 amide bonds. The molecule has 0 bridgehead atoms. The predicted octanol–water partition coefficient (Wildman–Crippen LogP) is 2.84. The average Bonchev–Trinajstić information content (AvgIpc) is 3.23. The van der Waals surface area contributed by atoms with E-state index in [9.17, 15) is 13.2 Å². The van der Waals surface area contributed by atoms with Crippen molar-refractivity contribution in [1.82, 2.24) is 10.2 Å². The van der Waals surface area contributed by atoms with Crippen molar-refractivity contribution in [2.24, 2.45) is 0 Å². The van der Waals surface area contributed by atoms with Crippen LogP contribution in [0.1, 0.15) is 37.8 Å². The first kappa shape index (κ1) is 21.8. The normalized spacial score (nSPS) is 25.1. The lowest BCUT2D eigenvalue weighted by atomic mass is 10.1. The SMILES string of the molecule is CC(NC(=O)CN(CC1CCCO1)C1CCS(=O)(=O)C1)c1ccc(Cl)cc1Cl. The second-order valence-electron chi connectivity index (χ2n) is 7.58. The van der Waals surface area contributed by atoms with Crippen molar-refractivity contribution >= 4 is 38.9 Å². The summed E-state index contributed by atoms with van der Waals surface area (Å²) in [5, 5.41) is 4.00. The van der Waals surface area contributed by atoms with Gasteiger partial charge in [-0.2, -0.15) is 0 Å². The van der Waals surface area contributed by atoms with E-state index in [0.29, 0.717) is 23.0 Å². The third-order valence-electron chi connectivity index (χ3n) is 5.34. The molecular weight excluding hydrogens is 423 g/mol. The summed E-state index contributed by atoms with van der Waals surface area (Å²) in [6, 6.07) is 4.75. The van der Waals surface area contributed by atoms with Crippen molar-refractivity contribution in [1.29, 1.82) is 0 Å². The Balaban J connectivity index is 1.64. The molecule has 2 aliphatic heterocycles. The van der Waals surface area contributed by atoms with E-state index in [-0.39, 0.29) is 42.1 Å². The number of ether oxygens (including phenoxy) is 1. The Labute approximate surface area is 176 Å². The Morgan fingerprint density at radius 3 is 2.75 bits per heavy atom. The van der Waals surface area contributed by atoms with Crippen LogP contribution in [0.2, 0.25) is 10.0 Å². The van der Waals surface area contributed by atoms with Crippen molar-refractivity contribution in [2.45, 2.75) is 44.4 Å². The van der Waals surface area contributed by atoms with Crippen LogP contribution in [0.5, 0.6) is 0 Å². The second-order valence-corrected chi connectivity index (χ2v) is 10.6. The summed E-state index contributed by atoms with van der Waals surface area (Å²) < 4.78 is 29.5.